The number of aromatic nitrogens is 3. The van der Waals surface area contributed by atoms with Crippen LogP contribution in [0.2, 0.25) is 5.02 Å². The van der Waals surface area contributed by atoms with Crippen LogP contribution >= 0.6 is 34.7 Å². The standard InChI is InChI=1S/C24H25ClN4OS2/c1-3-31-19-7-5-18(6-8-19)15-22(30)29(13-4-12-28-14-11-26-16-28)24-27-23-17(2)20(25)9-10-21(23)32-24/h5-11,14,16H,3-4,12-13,15H2,1-2H3. The Hall–Kier alpha value is -2.35. The molecule has 0 N–H and O–H groups in total. The number of thioether (sulfide) groups is 1. The third-order valence-corrected chi connectivity index (χ3v) is 7.56. The van der Waals surface area contributed by atoms with Crippen molar-refractivity contribution in [2.75, 3.05) is 17.2 Å². The Morgan fingerprint density at radius 1 is 1.22 bits per heavy atom. The number of nitrogens with zero attached hydrogens (tertiary/aromatic N) is 4. The lowest BCUT2D eigenvalue weighted by Crippen LogP contribution is -2.33. The lowest BCUT2D eigenvalue weighted by Gasteiger charge is -2.20. The van der Waals surface area contributed by atoms with Gasteiger partial charge in [-0.3, -0.25) is 9.69 Å². The molecule has 8 heteroatoms. The van der Waals surface area contributed by atoms with E-state index in [2.05, 4.69) is 24.0 Å². The van der Waals surface area contributed by atoms with Crippen LogP contribution in [0.5, 0.6) is 0 Å². The van der Waals surface area contributed by atoms with Crippen LogP contribution in [0.4, 0.5) is 5.13 Å². The fraction of sp³-hybridized carbons (Fsp3) is 0.292. The number of hydrogen-bond donors (Lipinski definition) is 0. The number of halogens is 1. The number of thiazole rings is 1. The molecule has 0 unspecified atom stereocenters. The average Bonchev–Trinajstić information content (AvgIpc) is 3.46. The van der Waals surface area contributed by atoms with Crippen molar-refractivity contribution in [2.24, 2.45) is 0 Å². The molecule has 2 aromatic carbocycles. The third-order valence-electron chi connectivity index (χ3n) is 5.22. The van der Waals surface area contributed by atoms with E-state index in [1.807, 2.05) is 46.9 Å². The van der Waals surface area contributed by atoms with Crippen LogP contribution in [0.3, 0.4) is 0 Å². The molecule has 2 heterocycles. The second-order valence-corrected chi connectivity index (χ2v) is 10.2. The highest BCUT2D eigenvalue weighted by Gasteiger charge is 2.21. The van der Waals surface area contributed by atoms with Crippen LogP contribution in [-0.2, 0) is 17.8 Å². The average molecular weight is 485 g/mol. The molecule has 0 radical (unpaired) electrons. The first-order chi connectivity index (χ1) is 15.5. The maximum Gasteiger partial charge on any atom is 0.233 e. The molecule has 0 aliphatic rings. The van der Waals surface area contributed by atoms with Crippen LogP contribution < -0.4 is 4.90 Å². The number of hydrogen-bond acceptors (Lipinski definition) is 5. The van der Waals surface area contributed by atoms with Gasteiger partial charge in [-0.25, -0.2) is 9.97 Å². The number of anilines is 1. The largest absolute Gasteiger partial charge is 0.337 e. The second kappa shape index (κ2) is 10.5. The summed E-state index contributed by atoms with van der Waals surface area (Å²) < 4.78 is 3.06. The summed E-state index contributed by atoms with van der Waals surface area (Å²) in [7, 11) is 0. The molecular weight excluding hydrogens is 460 g/mol. The lowest BCUT2D eigenvalue weighted by molar-refractivity contribution is -0.118. The molecule has 0 atom stereocenters. The number of amides is 1. The summed E-state index contributed by atoms with van der Waals surface area (Å²) in [5, 5.41) is 1.41. The summed E-state index contributed by atoms with van der Waals surface area (Å²) in [6.45, 7) is 5.49. The van der Waals surface area contributed by atoms with Crippen molar-refractivity contribution >= 4 is 56.0 Å². The van der Waals surface area contributed by atoms with E-state index in [0.29, 0.717) is 18.0 Å². The lowest BCUT2D eigenvalue weighted by atomic mass is 10.1. The van der Waals surface area contributed by atoms with E-state index in [0.717, 1.165) is 45.2 Å². The van der Waals surface area contributed by atoms with E-state index in [1.54, 1.807) is 24.3 Å². The summed E-state index contributed by atoms with van der Waals surface area (Å²) in [5.74, 6) is 1.08. The Balaban J connectivity index is 1.56. The number of aryl methyl sites for hydroxylation is 2. The maximum absolute atomic E-state index is 13.4. The van der Waals surface area contributed by atoms with E-state index in [4.69, 9.17) is 16.6 Å². The molecule has 0 fully saturated rings. The van der Waals surface area contributed by atoms with Gasteiger partial charge in [-0.1, -0.05) is 42.0 Å². The summed E-state index contributed by atoms with van der Waals surface area (Å²) in [6.07, 6.45) is 6.65. The number of imidazole rings is 1. The van der Waals surface area contributed by atoms with Gasteiger partial charge >= 0.3 is 0 Å². The van der Waals surface area contributed by atoms with E-state index in [1.165, 1.54) is 16.2 Å². The third kappa shape index (κ3) is 5.34. The first kappa shape index (κ1) is 22.8. The molecule has 0 saturated heterocycles. The molecule has 0 aliphatic carbocycles. The summed E-state index contributed by atoms with van der Waals surface area (Å²) in [4.78, 5) is 25.3. The summed E-state index contributed by atoms with van der Waals surface area (Å²) in [6, 6.07) is 12.1. The van der Waals surface area contributed by atoms with E-state index < -0.39 is 0 Å². The molecule has 0 saturated carbocycles. The van der Waals surface area contributed by atoms with Crippen molar-refractivity contribution in [1.82, 2.24) is 14.5 Å². The molecule has 32 heavy (non-hydrogen) atoms. The van der Waals surface area contributed by atoms with Crippen molar-refractivity contribution in [3.8, 4) is 0 Å². The highest BCUT2D eigenvalue weighted by atomic mass is 35.5. The Labute approximate surface area is 201 Å². The molecule has 0 bridgehead atoms. The molecule has 166 valence electrons. The maximum atomic E-state index is 13.4. The van der Waals surface area contributed by atoms with Gasteiger partial charge in [-0.15, -0.1) is 11.8 Å². The van der Waals surface area contributed by atoms with Gasteiger partial charge in [0.2, 0.25) is 5.91 Å². The van der Waals surface area contributed by atoms with Gasteiger partial charge in [0, 0.05) is 35.4 Å². The van der Waals surface area contributed by atoms with Gasteiger partial charge in [0.1, 0.15) is 0 Å². The van der Waals surface area contributed by atoms with Crippen molar-refractivity contribution < 1.29 is 4.79 Å². The Morgan fingerprint density at radius 3 is 2.75 bits per heavy atom. The molecule has 4 aromatic rings. The van der Waals surface area contributed by atoms with Crippen LogP contribution in [0.25, 0.3) is 10.2 Å². The minimum absolute atomic E-state index is 0.0503. The SMILES string of the molecule is CCSc1ccc(CC(=O)N(CCCn2ccnc2)c2nc3c(C)c(Cl)ccc3s2)cc1. The van der Waals surface area contributed by atoms with Gasteiger partial charge in [-0.2, -0.15) is 0 Å². The molecule has 0 spiro atoms. The molecular formula is C24H25ClN4OS2. The van der Waals surface area contributed by atoms with Crippen LogP contribution in [0.15, 0.2) is 60.0 Å². The van der Waals surface area contributed by atoms with Gasteiger partial charge in [-0.05, 0) is 54.5 Å². The quantitative estimate of drug-likeness (QED) is 0.264. The highest BCUT2D eigenvalue weighted by Crippen LogP contribution is 2.34. The minimum Gasteiger partial charge on any atom is -0.337 e. The molecule has 4 rings (SSSR count). The van der Waals surface area contributed by atoms with E-state index in [-0.39, 0.29) is 5.91 Å². The predicted molar refractivity (Wildman–Crippen MR) is 135 cm³/mol. The van der Waals surface area contributed by atoms with Crippen LogP contribution in [-0.4, -0.2) is 32.7 Å². The zero-order chi connectivity index (χ0) is 22.5. The fourth-order valence-corrected chi connectivity index (χ4v) is 5.38. The molecule has 2 aromatic heterocycles. The fourth-order valence-electron chi connectivity index (χ4n) is 3.50. The Bertz CT molecular complexity index is 1190. The van der Waals surface area contributed by atoms with Crippen LogP contribution in [0.1, 0.15) is 24.5 Å². The molecule has 5 nitrogen and oxygen atoms in total. The minimum atomic E-state index is 0.0503. The zero-order valence-electron chi connectivity index (χ0n) is 18.1. The van der Waals surface area contributed by atoms with Crippen molar-refractivity contribution in [1.29, 1.82) is 0 Å². The summed E-state index contributed by atoms with van der Waals surface area (Å²) in [5.41, 5.74) is 2.82. The monoisotopic (exact) mass is 484 g/mol. The second-order valence-electron chi connectivity index (χ2n) is 7.47. The van der Waals surface area contributed by atoms with Gasteiger partial charge in [0.05, 0.1) is 23.0 Å². The van der Waals surface area contributed by atoms with E-state index in [9.17, 15) is 4.79 Å². The first-order valence-corrected chi connectivity index (χ1v) is 12.8. The van der Waals surface area contributed by atoms with Gasteiger partial charge in [0.25, 0.3) is 0 Å². The van der Waals surface area contributed by atoms with Crippen molar-refractivity contribution in [3.63, 3.8) is 0 Å². The van der Waals surface area contributed by atoms with Crippen molar-refractivity contribution in [2.45, 2.75) is 38.1 Å². The highest BCUT2D eigenvalue weighted by molar-refractivity contribution is 7.99. The van der Waals surface area contributed by atoms with Gasteiger partial charge < -0.3 is 4.57 Å². The number of rotatable bonds is 9. The van der Waals surface area contributed by atoms with Crippen molar-refractivity contribution in [3.05, 3.63) is 71.3 Å². The van der Waals surface area contributed by atoms with Gasteiger partial charge in [0.15, 0.2) is 5.13 Å². The Kier molecular flexibility index (Phi) is 7.50. The number of carbonyl (C=O) groups is 1. The number of carbonyl (C=O) groups excluding carboxylic acids is 1. The smallest absolute Gasteiger partial charge is 0.233 e. The molecule has 1 amide bonds. The number of fused-ring (bicyclic) bond motifs is 1. The predicted octanol–water partition coefficient (Wildman–Crippen LogP) is 6.23. The first-order valence-electron chi connectivity index (χ1n) is 10.6. The molecule has 0 aliphatic heterocycles. The zero-order valence-corrected chi connectivity index (χ0v) is 20.5. The normalized spacial score (nSPS) is 11.2. The number of benzene rings is 2. The van der Waals surface area contributed by atoms with Crippen LogP contribution in [0, 0.1) is 6.92 Å². The summed E-state index contributed by atoms with van der Waals surface area (Å²) >= 11 is 9.63. The topological polar surface area (TPSA) is 51.0 Å². The Morgan fingerprint density at radius 2 is 2.03 bits per heavy atom. The van der Waals surface area contributed by atoms with E-state index >= 15 is 0 Å².